The van der Waals surface area contributed by atoms with E-state index in [1.807, 2.05) is 0 Å². The van der Waals surface area contributed by atoms with Crippen molar-refractivity contribution in [1.29, 1.82) is 0 Å². The molecule has 0 N–H and O–H groups in total. The molecule has 0 fully saturated rings. The summed E-state index contributed by atoms with van der Waals surface area (Å²) in [7, 11) is 0. The smallest absolute Gasteiger partial charge is 0.389 e. The van der Waals surface area contributed by atoms with Crippen LogP contribution in [-0.2, 0) is 0 Å². The van der Waals surface area contributed by atoms with E-state index in [0.29, 0.717) is 6.07 Å². The lowest BCUT2D eigenvalue weighted by atomic mass is 9.86. The number of rotatable bonds is 1. The van der Waals surface area contributed by atoms with Crippen LogP contribution in [0.25, 0.3) is 5.57 Å². The van der Waals surface area contributed by atoms with Gasteiger partial charge in [-0.1, -0.05) is 11.6 Å². The van der Waals surface area contributed by atoms with Gasteiger partial charge >= 0.3 is 6.97 Å². The molecule has 2 aliphatic rings. The molecule has 0 unspecified atom stereocenters. The average molecular weight is 496 g/mol. The summed E-state index contributed by atoms with van der Waals surface area (Å²) < 4.78 is 59.9. The van der Waals surface area contributed by atoms with Crippen LogP contribution in [0.5, 0.6) is 0 Å². The molecule has 0 amide bonds. The van der Waals surface area contributed by atoms with E-state index in [1.165, 1.54) is 24.3 Å². The van der Waals surface area contributed by atoms with Crippen LogP contribution in [0.1, 0.15) is 11.3 Å². The minimum absolute atomic E-state index is 0.0855. The summed E-state index contributed by atoms with van der Waals surface area (Å²) in [5.74, 6) is -1.77. The fourth-order valence-corrected chi connectivity index (χ4v) is 4.60. The normalized spacial score (nSPS) is 18.0. The first kappa shape index (κ1) is 17.1. The predicted molar refractivity (Wildman–Crippen MR) is 96.2 cm³/mol. The van der Waals surface area contributed by atoms with E-state index in [9.17, 15) is 8.78 Å². The van der Waals surface area contributed by atoms with Crippen LogP contribution in [0.15, 0.2) is 46.7 Å². The van der Waals surface area contributed by atoms with Crippen molar-refractivity contribution in [2.24, 2.45) is 0 Å². The fraction of sp³-hybridized carbons (Fsp3) is 0. The minimum atomic E-state index is -4.21. The molecular weight excluding hydrogens is 490 g/mol. The Morgan fingerprint density at radius 3 is 2.48 bits per heavy atom. The van der Waals surface area contributed by atoms with E-state index in [2.05, 4.69) is 31.9 Å². The van der Waals surface area contributed by atoms with Gasteiger partial charge in [0, 0.05) is 45.4 Å². The molecule has 2 aliphatic heterocycles. The zero-order valence-electron chi connectivity index (χ0n) is 12.1. The summed E-state index contributed by atoms with van der Waals surface area (Å²) >= 11 is 12.3. The Bertz CT molecular complexity index is 1020. The number of fused-ring (bicyclic) bond motifs is 2. The quantitative estimate of drug-likeness (QED) is 0.361. The molecule has 0 spiro atoms. The first-order valence-electron chi connectivity index (χ1n) is 7.02. The topological polar surface area (TPSA) is 7.94 Å². The maximum Gasteiger partial charge on any atom is 0.738 e. The molecule has 0 radical (unpaired) electrons. The number of aromatic nitrogens is 1. The van der Waals surface area contributed by atoms with E-state index in [-0.39, 0.29) is 36.8 Å². The number of nitrogens with zero attached hydrogens (tertiary/aromatic N) is 2. The van der Waals surface area contributed by atoms with Gasteiger partial charge in [0.1, 0.15) is 11.6 Å². The third-order valence-electron chi connectivity index (χ3n) is 4.13. The van der Waals surface area contributed by atoms with Gasteiger partial charge in [-0.15, -0.1) is 0 Å². The van der Waals surface area contributed by atoms with Gasteiger partial charge in [-0.05, 0) is 34.1 Å². The number of allylic oxidation sites excluding steroid dienone is 2. The van der Waals surface area contributed by atoms with Gasteiger partial charge in [0.05, 0.1) is 15.2 Å². The minimum Gasteiger partial charge on any atom is -0.389 e. The molecular formula is C15H6BBr2ClF4N2. The molecule has 2 aromatic rings. The van der Waals surface area contributed by atoms with Crippen LogP contribution in [0, 0.1) is 11.6 Å². The van der Waals surface area contributed by atoms with Crippen molar-refractivity contribution in [3.63, 3.8) is 0 Å². The second-order valence-corrected chi connectivity index (χ2v) is 7.56. The van der Waals surface area contributed by atoms with Crippen molar-refractivity contribution >= 4 is 60.6 Å². The zero-order valence-corrected chi connectivity index (χ0v) is 16.0. The zero-order chi connectivity index (χ0) is 18.1. The summed E-state index contributed by atoms with van der Waals surface area (Å²) in [5, 5.41) is -0.196. The maximum atomic E-state index is 15.1. The Kier molecular flexibility index (Phi) is 3.83. The number of benzene rings is 1. The Labute approximate surface area is 161 Å². The standard InChI is InChI=1S/C15H6BBr2ClF4N2/c17-12-3-1-10-15(14-8(19)5-7(20)6-9(14)21)11-2-4-13(18)25(11)16(22,23)24(10)12/h1-6H. The largest absolute Gasteiger partial charge is 0.738 e. The van der Waals surface area contributed by atoms with Crippen molar-refractivity contribution < 1.29 is 21.9 Å². The second-order valence-electron chi connectivity index (χ2n) is 5.53. The highest BCUT2D eigenvalue weighted by atomic mass is 79.9. The van der Waals surface area contributed by atoms with Gasteiger partial charge in [0.25, 0.3) is 0 Å². The lowest BCUT2D eigenvalue weighted by molar-refractivity contribution is -0.358. The van der Waals surface area contributed by atoms with E-state index < -0.39 is 18.6 Å². The maximum absolute atomic E-state index is 15.1. The molecule has 2 nitrogen and oxygen atoms in total. The number of hydrogen-bond acceptors (Lipinski definition) is 0. The van der Waals surface area contributed by atoms with Crippen LogP contribution in [0.4, 0.5) is 17.4 Å². The lowest BCUT2D eigenvalue weighted by Gasteiger charge is -2.32. The first-order valence-corrected chi connectivity index (χ1v) is 8.98. The van der Waals surface area contributed by atoms with Crippen LogP contribution in [0.3, 0.4) is 0 Å². The summed E-state index contributed by atoms with van der Waals surface area (Å²) in [4.78, 5) is 0. The highest BCUT2D eigenvalue weighted by molar-refractivity contribution is 9.18. The van der Waals surface area contributed by atoms with Crippen molar-refractivity contribution in [1.82, 2.24) is 4.48 Å². The Morgan fingerprint density at radius 1 is 1.08 bits per heavy atom. The van der Waals surface area contributed by atoms with Gasteiger partial charge in [0.2, 0.25) is 4.62 Å². The van der Waals surface area contributed by atoms with Gasteiger partial charge in [-0.2, -0.15) is 0 Å². The highest BCUT2D eigenvalue weighted by Crippen LogP contribution is 2.44. The van der Waals surface area contributed by atoms with Crippen LogP contribution in [-0.4, -0.2) is 20.6 Å². The van der Waals surface area contributed by atoms with E-state index in [1.54, 1.807) is 0 Å². The molecule has 0 atom stereocenters. The van der Waals surface area contributed by atoms with Gasteiger partial charge in [-0.3, -0.25) is 0 Å². The average Bonchev–Trinajstić information content (AvgIpc) is 3.06. The Hall–Kier alpha value is -1.32. The van der Waals surface area contributed by atoms with E-state index in [0.717, 1.165) is 15.0 Å². The number of hydrogen-bond donors (Lipinski definition) is 0. The molecule has 3 heterocycles. The van der Waals surface area contributed by atoms with E-state index >= 15 is 8.63 Å². The Morgan fingerprint density at radius 2 is 1.80 bits per heavy atom. The second kappa shape index (κ2) is 5.59. The molecule has 1 aromatic heterocycles. The molecule has 4 rings (SSSR count). The number of halogens is 7. The van der Waals surface area contributed by atoms with Gasteiger partial charge in [0.15, 0.2) is 5.70 Å². The van der Waals surface area contributed by atoms with Crippen molar-refractivity contribution in [2.45, 2.75) is 0 Å². The summed E-state index contributed by atoms with van der Waals surface area (Å²) in [5.41, 5.74) is 0.199. The van der Waals surface area contributed by atoms with Gasteiger partial charge < -0.3 is 17.6 Å². The molecule has 0 saturated carbocycles. The van der Waals surface area contributed by atoms with Crippen molar-refractivity contribution in [3.05, 3.63) is 74.6 Å². The first-order chi connectivity index (χ1) is 11.7. The molecule has 25 heavy (non-hydrogen) atoms. The molecule has 0 aliphatic carbocycles. The van der Waals surface area contributed by atoms with E-state index in [4.69, 9.17) is 11.6 Å². The van der Waals surface area contributed by atoms with Crippen molar-refractivity contribution in [2.75, 3.05) is 0 Å². The van der Waals surface area contributed by atoms with Gasteiger partial charge in [-0.25, -0.2) is 8.78 Å². The highest BCUT2D eigenvalue weighted by Gasteiger charge is 2.54. The Balaban J connectivity index is 2.16. The monoisotopic (exact) mass is 494 g/mol. The summed E-state index contributed by atoms with van der Waals surface area (Å²) in [6.07, 6.45) is 2.89. The third-order valence-corrected chi connectivity index (χ3v) is 5.72. The van der Waals surface area contributed by atoms with Crippen molar-refractivity contribution in [3.8, 4) is 0 Å². The molecule has 0 bridgehead atoms. The summed E-state index contributed by atoms with van der Waals surface area (Å²) in [6.45, 7) is -4.21. The van der Waals surface area contributed by atoms with Crippen LogP contribution < -0.4 is 0 Å². The van der Waals surface area contributed by atoms with Crippen LogP contribution in [0.2, 0.25) is 5.02 Å². The molecule has 128 valence electrons. The SMILES string of the molecule is Fc1cc(F)c(C2=C3C=CC(Br)=[N+]3[B-](F)(F)n3c(Br)ccc32)c(Cl)c1. The van der Waals surface area contributed by atoms with Crippen LogP contribution >= 0.6 is 43.5 Å². The predicted octanol–water partition coefficient (Wildman–Crippen LogP) is 5.55. The summed E-state index contributed by atoms with van der Waals surface area (Å²) in [6, 6.07) is 4.52. The molecule has 10 heteroatoms. The molecule has 0 saturated heterocycles. The lowest BCUT2D eigenvalue weighted by Crippen LogP contribution is -2.50. The third kappa shape index (κ3) is 2.32. The fourth-order valence-electron chi connectivity index (χ4n) is 3.17. The molecule has 1 aromatic carbocycles.